The predicted octanol–water partition coefficient (Wildman–Crippen LogP) is 5.72. The summed E-state index contributed by atoms with van der Waals surface area (Å²) in [7, 11) is 3.17. The summed E-state index contributed by atoms with van der Waals surface area (Å²) < 4.78 is 52.1. The second-order valence-corrected chi connectivity index (χ2v) is 9.77. The number of benzene rings is 2. The van der Waals surface area contributed by atoms with Gasteiger partial charge in [-0.2, -0.15) is 13.2 Å². The number of rotatable bonds is 6. The number of nitrogens with zero attached hydrogens (tertiary/aromatic N) is 2. The van der Waals surface area contributed by atoms with E-state index in [9.17, 15) is 13.2 Å². The molecule has 3 N–H and O–H groups in total. The molecule has 186 valence electrons. The molecule has 0 unspecified atom stereocenters. The fraction of sp³-hybridized carbons (Fsp3) is 0.360. The minimum Gasteiger partial charge on any atom is -0.497 e. The third-order valence-electron chi connectivity index (χ3n) is 6.27. The Morgan fingerprint density at radius 3 is 2.43 bits per heavy atom. The first kappa shape index (κ1) is 25.5. The molecule has 1 aliphatic rings. The van der Waals surface area contributed by atoms with Gasteiger partial charge >= 0.3 is 6.18 Å². The molecule has 10 heteroatoms. The summed E-state index contributed by atoms with van der Waals surface area (Å²) in [6.45, 7) is 1.94. The van der Waals surface area contributed by atoms with E-state index in [4.69, 9.17) is 20.2 Å². The van der Waals surface area contributed by atoms with Crippen LogP contribution in [0.1, 0.15) is 53.9 Å². The van der Waals surface area contributed by atoms with Gasteiger partial charge in [0.15, 0.2) is 0 Å². The Morgan fingerprint density at radius 2 is 1.83 bits per heavy atom. The molecule has 0 aliphatic carbocycles. The Kier molecular flexibility index (Phi) is 7.14. The summed E-state index contributed by atoms with van der Waals surface area (Å²) in [5, 5.41) is 3.22. The zero-order valence-electron chi connectivity index (χ0n) is 19.5. The van der Waals surface area contributed by atoms with E-state index < -0.39 is 23.3 Å². The van der Waals surface area contributed by atoms with Gasteiger partial charge in [0.2, 0.25) is 0 Å². The van der Waals surface area contributed by atoms with E-state index in [0.717, 1.165) is 20.9 Å². The van der Waals surface area contributed by atoms with E-state index in [1.165, 1.54) is 12.1 Å². The molecule has 6 nitrogen and oxygen atoms in total. The van der Waals surface area contributed by atoms with Gasteiger partial charge in [-0.05, 0) is 76.9 Å². The summed E-state index contributed by atoms with van der Waals surface area (Å²) >= 11 is 2.17. The first-order valence-corrected chi connectivity index (χ1v) is 12.1. The minimum absolute atomic E-state index is 0.366. The molecule has 0 fully saturated rings. The summed E-state index contributed by atoms with van der Waals surface area (Å²) in [4.78, 5) is 9.36. The van der Waals surface area contributed by atoms with E-state index in [0.29, 0.717) is 47.8 Å². The van der Waals surface area contributed by atoms with Crippen molar-refractivity contribution in [1.82, 2.24) is 9.97 Å². The van der Waals surface area contributed by atoms with Crippen molar-refractivity contribution in [3.8, 4) is 11.5 Å². The van der Waals surface area contributed by atoms with Crippen LogP contribution < -0.4 is 20.5 Å². The van der Waals surface area contributed by atoms with Crippen LogP contribution in [0, 0.1) is 3.57 Å². The number of methoxy groups -OCH3 is 2. The fourth-order valence-corrected chi connectivity index (χ4v) is 4.72. The molecular weight excluding hydrogens is 572 g/mol. The lowest BCUT2D eigenvalue weighted by molar-refractivity contribution is -0.137. The third-order valence-corrected chi connectivity index (χ3v) is 7.17. The maximum atomic E-state index is 13.5. The molecule has 3 aromatic rings. The number of aromatic nitrogens is 2. The van der Waals surface area contributed by atoms with Crippen molar-refractivity contribution in [2.24, 2.45) is 5.73 Å². The van der Waals surface area contributed by atoms with Crippen molar-refractivity contribution < 1.29 is 22.6 Å². The molecule has 4 rings (SSSR count). The fourth-order valence-electron chi connectivity index (χ4n) is 4.27. The Balaban J connectivity index is 1.77. The Bertz CT molecular complexity index is 1220. The predicted molar refractivity (Wildman–Crippen MR) is 136 cm³/mol. The van der Waals surface area contributed by atoms with Gasteiger partial charge in [-0.25, -0.2) is 9.97 Å². The quantitative estimate of drug-likeness (QED) is 0.354. The van der Waals surface area contributed by atoms with Crippen molar-refractivity contribution in [1.29, 1.82) is 0 Å². The highest BCUT2D eigenvalue weighted by molar-refractivity contribution is 14.1. The van der Waals surface area contributed by atoms with Crippen LogP contribution in [0.2, 0.25) is 0 Å². The summed E-state index contributed by atoms with van der Waals surface area (Å²) in [6.07, 6.45) is -1.32. The van der Waals surface area contributed by atoms with E-state index >= 15 is 0 Å². The molecule has 1 aromatic heterocycles. The molecule has 0 saturated carbocycles. The molecule has 0 saturated heterocycles. The lowest BCUT2D eigenvalue weighted by Crippen LogP contribution is -2.51. The lowest BCUT2D eigenvalue weighted by atomic mass is 9.81. The van der Waals surface area contributed by atoms with Gasteiger partial charge < -0.3 is 20.5 Å². The van der Waals surface area contributed by atoms with Crippen LogP contribution >= 0.6 is 22.6 Å². The van der Waals surface area contributed by atoms with Crippen molar-refractivity contribution in [3.63, 3.8) is 0 Å². The highest BCUT2D eigenvalue weighted by atomic mass is 127. The number of ether oxygens (including phenoxy) is 2. The summed E-state index contributed by atoms with van der Waals surface area (Å²) in [5.74, 6) is 1.27. The zero-order valence-corrected chi connectivity index (χ0v) is 21.7. The first-order chi connectivity index (χ1) is 16.5. The molecular formula is C25H26F3IN4O2. The van der Waals surface area contributed by atoms with Crippen molar-refractivity contribution in [2.75, 3.05) is 19.5 Å². The number of hydrogen-bond acceptors (Lipinski definition) is 6. The number of anilines is 1. The molecule has 1 aliphatic heterocycles. The highest BCUT2D eigenvalue weighted by Crippen LogP contribution is 2.43. The number of nitrogens with one attached hydrogen (secondary N) is 1. The summed E-state index contributed by atoms with van der Waals surface area (Å²) in [5.41, 5.74) is 7.81. The first-order valence-electron chi connectivity index (χ1n) is 11.1. The number of fused-ring (bicyclic) bond motifs is 1. The van der Waals surface area contributed by atoms with Crippen LogP contribution in [0.25, 0.3) is 0 Å². The molecule has 2 atom stereocenters. The van der Waals surface area contributed by atoms with Crippen LogP contribution in [0.3, 0.4) is 0 Å². The van der Waals surface area contributed by atoms with Gasteiger partial charge in [0.25, 0.3) is 0 Å². The lowest BCUT2D eigenvalue weighted by Gasteiger charge is -2.40. The van der Waals surface area contributed by atoms with Crippen molar-refractivity contribution >= 4 is 28.3 Å². The Hall–Kier alpha value is -2.60. The van der Waals surface area contributed by atoms with Crippen LogP contribution in [0.15, 0.2) is 42.6 Å². The molecule has 0 amide bonds. The second kappa shape index (κ2) is 9.81. The van der Waals surface area contributed by atoms with E-state index in [-0.39, 0.29) is 0 Å². The number of alkyl halides is 3. The maximum Gasteiger partial charge on any atom is 0.416 e. The van der Waals surface area contributed by atoms with Gasteiger partial charge in [0.1, 0.15) is 17.3 Å². The van der Waals surface area contributed by atoms with Crippen LogP contribution in [0.5, 0.6) is 11.5 Å². The van der Waals surface area contributed by atoms with Gasteiger partial charge in [-0.3, -0.25) is 0 Å². The maximum absolute atomic E-state index is 13.5. The van der Waals surface area contributed by atoms with E-state index in [2.05, 4.69) is 32.9 Å². The van der Waals surface area contributed by atoms with E-state index in [1.807, 2.05) is 19.1 Å². The summed E-state index contributed by atoms with van der Waals surface area (Å²) in [6, 6.07) is 9.28. The van der Waals surface area contributed by atoms with Gasteiger partial charge in [0.05, 0.1) is 34.7 Å². The number of nitrogens with two attached hydrogens (primary N) is 1. The van der Waals surface area contributed by atoms with Crippen LogP contribution in [-0.4, -0.2) is 29.9 Å². The topological polar surface area (TPSA) is 82.3 Å². The van der Waals surface area contributed by atoms with E-state index in [1.54, 1.807) is 26.5 Å². The Labute approximate surface area is 215 Å². The van der Waals surface area contributed by atoms with Crippen molar-refractivity contribution in [3.05, 3.63) is 74.4 Å². The van der Waals surface area contributed by atoms with Gasteiger partial charge in [-0.1, -0.05) is 6.92 Å². The number of halogens is 4. The minimum atomic E-state index is -4.45. The monoisotopic (exact) mass is 598 g/mol. The molecule has 2 aromatic carbocycles. The Morgan fingerprint density at radius 1 is 1.14 bits per heavy atom. The number of hydrogen-bond donors (Lipinski definition) is 2. The zero-order chi connectivity index (χ0) is 25.4. The average molecular weight is 598 g/mol. The normalized spacial score (nSPS) is 19.6. The highest BCUT2D eigenvalue weighted by Gasteiger charge is 2.39. The third kappa shape index (κ3) is 5.48. The van der Waals surface area contributed by atoms with Gasteiger partial charge in [0, 0.05) is 30.3 Å². The molecule has 2 heterocycles. The standard InChI is InChI=1S/C25H26F3IN4O2/c1-4-24(30)12-19(18-10-15(25(26,27)28)5-6-21(18)33-24)23-31-13-20(29)22(32-23)9-14-7-16(34-2)11-17(8-14)35-3/h5-8,10-11,13,19,33H,4,9,12,30H2,1-3H3/t19-,24+/m0/s1. The smallest absolute Gasteiger partial charge is 0.416 e. The SMILES string of the molecule is CC[C@]1(N)C[C@H](c2ncc(I)c(Cc3cc(OC)cc(OC)c3)n2)c2cc(C(F)(F)F)ccc2N1. The molecule has 0 spiro atoms. The average Bonchev–Trinajstić information content (AvgIpc) is 2.83. The molecule has 0 bridgehead atoms. The second-order valence-electron chi connectivity index (χ2n) is 8.61. The largest absolute Gasteiger partial charge is 0.497 e. The molecule has 0 radical (unpaired) electrons. The van der Waals surface area contributed by atoms with Crippen LogP contribution in [0.4, 0.5) is 18.9 Å². The van der Waals surface area contributed by atoms with Crippen LogP contribution in [-0.2, 0) is 12.6 Å². The molecule has 35 heavy (non-hydrogen) atoms. The van der Waals surface area contributed by atoms with Crippen molar-refractivity contribution in [2.45, 2.75) is 43.9 Å². The van der Waals surface area contributed by atoms with Gasteiger partial charge in [-0.15, -0.1) is 0 Å².